The quantitative estimate of drug-likeness (QED) is 0.412. The number of carbonyl (C=O) groups is 1. The molecule has 168 valence electrons. The fourth-order valence-electron chi connectivity index (χ4n) is 3.56. The molecule has 0 bridgehead atoms. The van der Waals surface area contributed by atoms with Crippen molar-refractivity contribution in [1.29, 1.82) is 0 Å². The number of carbonyl (C=O) groups excluding carboxylic acids is 1. The van der Waals surface area contributed by atoms with Gasteiger partial charge in [0.2, 0.25) is 11.8 Å². The SMILES string of the molecule is C=CC(=O)N1CC(n2ccc(=C)/c2=C(\N=C/C)Oc2ccc(Oc3ccc(F)cc3)cc2)C1. The number of aromatic nitrogens is 1. The van der Waals surface area contributed by atoms with Crippen molar-refractivity contribution in [3.05, 3.63) is 89.8 Å². The summed E-state index contributed by atoms with van der Waals surface area (Å²) in [5.41, 5.74) is 0. The third-order valence-electron chi connectivity index (χ3n) is 5.28. The Bertz CT molecular complexity index is 1290. The first-order chi connectivity index (χ1) is 16.0. The normalized spacial score (nSPS) is 14.7. The molecule has 1 aliphatic rings. The van der Waals surface area contributed by atoms with Gasteiger partial charge in [-0.05, 0) is 72.8 Å². The van der Waals surface area contributed by atoms with Gasteiger partial charge in [-0.15, -0.1) is 0 Å². The number of halogens is 1. The van der Waals surface area contributed by atoms with Gasteiger partial charge in [-0.25, -0.2) is 9.38 Å². The molecule has 0 saturated carbocycles. The molecular weight excluding hydrogens is 421 g/mol. The minimum absolute atomic E-state index is 0.0789. The van der Waals surface area contributed by atoms with Crippen LogP contribution in [0, 0.1) is 5.82 Å². The highest BCUT2D eigenvalue weighted by Gasteiger charge is 2.31. The summed E-state index contributed by atoms with van der Waals surface area (Å²) in [4.78, 5) is 18.0. The number of amides is 1. The fraction of sp³-hybridized carbons (Fsp3) is 0.154. The highest BCUT2D eigenvalue weighted by molar-refractivity contribution is 5.87. The number of aliphatic imine (C=N–C) groups is 1. The topological polar surface area (TPSA) is 56.1 Å². The van der Waals surface area contributed by atoms with Crippen LogP contribution in [0.2, 0.25) is 0 Å². The van der Waals surface area contributed by atoms with Gasteiger partial charge in [0.25, 0.3) is 0 Å². The van der Waals surface area contributed by atoms with Crippen molar-refractivity contribution in [2.75, 3.05) is 13.1 Å². The summed E-state index contributed by atoms with van der Waals surface area (Å²) in [5.74, 6) is 1.72. The molecular formula is C26H24FN3O3. The zero-order valence-electron chi connectivity index (χ0n) is 18.3. The van der Waals surface area contributed by atoms with E-state index in [9.17, 15) is 9.18 Å². The standard InChI is InChI=1S/C26H24FN3O3/c1-4-24(31)29-16-20(17-29)30-15-14-18(3)25(30)26(28-5-2)33-23-12-10-22(11-13-23)32-21-8-6-19(27)7-9-21/h4-15,20H,1,3,16-17H2,2H3/b26-25-,28-5-. The molecule has 1 aromatic heterocycles. The summed E-state index contributed by atoms with van der Waals surface area (Å²) in [6.45, 7) is 10.7. The summed E-state index contributed by atoms with van der Waals surface area (Å²) in [7, 11) is 0. The molecule has 6 nitrogen and oxygen atoms in total. The van der Waals surface area contributed by atoms with Gasteiger partial charge in [-0.2, -0.15) is 0 Å². The van der Waals surface area contributed by atoms with Crippen LogP contribution < -0.4 is 20.0 Å². The maximum Gasteiger partial charge on any atom is 0.246 e. The van der Waals surface area contributed by atoms with E-state index in [-0.39, 0.29) is 17.8 Å². The van der Waals surface area contributed by atoms with Gasteiger partial charge < -0.3 is 18.9 Å². The number of likely N-dealkylation sites (tertiary alicyclic amines) is 1. The van der Waals surface area contributed by atoms with Crippen LogP contribution >= 0.6 is 0 Å². The zero-order chi connectivity index (χ0) is 23.4. The lowest BCUT2D eigenvalue weighted by Gasteiger charge is -2.39. The first-order valence-corrected chi connectivity index (χ1v) is 10.5. The zero-order valence-corrected chi connectivity index (χ0v) is 18.3. The Hall–Kier alpha value is -4.13. The maximum absolute atomic E-state index is 13.1. The van der Waals surface area contributed by atoms with Gasteiger partial charge in [0.15, 0.2) is 0 Å². The van der Waals surface area contributed by atoms with Gasteiger partial charge in [0.05, 0.1) is 6.04 Å². The van der Waals surface area contributed by atoms with Crippen LogP contribution in [0.4, 0.5) is 4.39 Å². The summed E-state index contributed by atoms with van der Waals surface area (Å²) in [6, 6.07) is 14.9. The number of hydrogen-bond donors (Lipinski definition) is 0. The highest BCUT2D eigenvalue weighted by atomic mass is 19.1. The van der Waals surface area contributed by atoms with Gasteiger partial charge >= 0.3 is 0 Å². The van der Waals surface area contributed by atoms with Crippen LogP contribution in [0.5, 0.6) is 17.2 Å². The predicted molar refractivity (Wildman–Crippen MR) is 126 cm³/mol. The molecule has 3 aromatic rings. The first-order valence-electron chi connectivity index (χ1n) is 10.5. The predicted octanol–water partition coefficient (Wildman–Crippen LogP) is 3.63. The van der Waals surface area contributed by atoms with Crippen molar-refractivity contribution in [2.45, 2.75) is 13.0 Å². The lowest BCUT2D eigenvalue weighted by atomic mass is 10.1. The van der Waals surface area contributed by atoms with Crippen LogP contribution in [0.15, 0.2) is 78.4 Å². The molecule has 0 atom stereocenters. The van der Waals surface area contributed by atoms with E-state index in [4.69, 9.17) is 9.47 Å². The van der Waals surface area contributed by atoms with Crippen LogP contribution in [0.3, 0.4) is 0 Å². The summed E-state index contributed by atoms with van der Waals surface area (Å²) in [6.07, 6.45) is 4.92. The van der Waals surface area contributed by atoms with E-state index in [0.717, 1.165) is 10.6 Å². The van der Waals surface area contributed by atoms with E-state index in [1.54, 1.807) is 47.5 Å². The average molecular weight is 445 g/mol. The molecule has 1 saturated heterocycles. The molecule has 0 N–H and O–H groups in total. The Labute approximate surface area is 191 Å². The smallest absolute Gasteiger partial charge is 0.246 e. The molecule has 4 rings (SSSR count). The van der Waals surface area contributed by atoms with Crippen molar-refractivity contribution < 1.29 is 18.7 Å². The Kier molecular flexibility index (Phi) is 6.40. The molecule has 0 radical (unpaired) electrons. The molecule has 1 amide bonds. The molecule has 1 fully saturated rings. The van der Waals surface area contributed by atoms with E-state index in [2.05, 4.69) is 18.2 Å². The Morgan fingerprint density at radius 2 is 1.67 bits per heavy atom. The Morgan fingerprint density at radius 1 is 1.06 bits per heavy atom. The molecule has 0 aliphatic carbocycles. The summed E-state index contributed by atoms with van der Waals surface area (Å²) in [5, 5.41) is 1.54. The lowest BCUT2D eigenvalue weighted by molar-refractivity contribution is -0.131. The molecule has 2 heterocycles. The molecule has 1 aliphatic heterocycles. The van der Waals surface area contributed by atoms with Crippen molar-refractivity contribution in [1.82, 2.24) is 9.47 Å². The van der Waals surface area contributed by atoms with Crippen molar-refractivity contribution >= 4 is 24.6 Å². The average Bonchev–Trinajstić information content (AvgIpc) is 3.16. The van der Waals surface area contributed by atoms with E-state index < -0.39 is 0 Å². The molecule has 7 heteroatoms. The number of benzene rings is 2. The van der Waals surface area contributed by atoms with Crippen LogP contribution in [-0.4, -0.2) is 34.7 Å². The van der Waals surface area contributed by atoms with Crippen molar-refractivity contribution in [3.63, 3.8) is 0 Å². The van der Waals surface area contributed by atoms with Gasteiger partial charge in [0, 0.05) is 25.5 Å². The summed E-state index contributed by atoms with van der Waals surface area (Å²) < 4.78 is 27.0. The van der Waals surface area contributed by atoms with Gasteiger partial charge in [-0.1, -0.05) is 13.2 Å². The largest absolute Gasteiger partial charge is 0.457 e. The monoisotopic (exact) mass is 445 g/mol. The minimum Gasteiger partial charge on any atom is -0.457 e. The second-order valence-electron chi connectivity index (χ2n) is 7.52. The van der Waals surface area contributed by atoms with Crippen LogP contribution in [0.25, 0.3) is 12.5 Å². The van der Waals surface area contributed by atoms with Crippen molar-refractivity contribution in [2.24, 2.45) is 4.99 Å². The fourth-order valence-corrected chi connectivity index (χ4v) is 3.56. The molecule has 0 unspecified atom stereocenters. The number of hydrogen-bond acceptors (Lipinski definition) is 4. The number of rotatable bonds is 7. The van der Waals surface area contributed by atoms with Gasteiger partial charge in [-0.3, -0.25) is 4.79 Å². The van der Waals surface area contributed by atoms with Crippen LogP contribution in [-0.2, 0) is 4.79 Å². The third kappa shape index (κ3) is 4.87. The lowest BCUT2D eigenvalue weighted by Crippen LogP contribution is -2.53. The van der Waals surface area contributed by atoms with Crippen LogP contribution in [0.1, 0.15) is 13.0 Å². The molecule has 2 aromatic carbocycles. The van der Waals surface area contributed by atoms with Gasteiger partial charge in [0.1, 0.15) is 28.4 Å². The molecule has 0 spiro atoms. The second-order valence-corrected chi connectivity index (χ2v) is 7.52. The first kappa shape index (κ1) is 22.1. The Balaban J connectivity index is 1.57. The highest BCUT2D eigenvalue weighted by Crippen LogP contribution is 2.25. The van der Waals surface area contributed by atoms with E-state index >= 15 is 0 Å². The number of ether oxygens (including phenoxy) is 2. The van der Waals surface area contributed by atoms with E-state index in [1.165, 1.54) is 18.2 Å². The molecule has 33 heavy (non-hydrogen) atoms. The minimum atomic E-state index is -0.318. The van der Waals surface area contributed by atoms with E-state index in [0.29, 0.717) is 36.2 Å². The number of nitrogens with zero attached hydrogens (tertiary/aromatic N) is 3. The third-order valence-corrected chi connectivity index (χ3v) is 5.28. The maximum atomic E-state index is 13.1. The van der Waals surface area contributed by atoms with E-state index in [1.807, 2.05) is 23.8 Å². The van der Waals surface area contributed by atoms with Crippen molar-refractivity contribution in [3.8, 4) is 17.2 Å². The Morgan fingerprint density at radius 3 is 2.27 bits per heavy atom. The summed E-state index contributed by atoms with van der Waals surface area (Å²) >= 11 is 0. The second kappa shape index (κ2) is 9.56.